The SMILES string of the molecule is C=CC(=O)Nc1ccc(-c2c(-c3ccc(Oc4cccc(C)c4)cc3)c3c(N)ncnc3n2C)cc1. The number of fused-ring (bicyclic) bond motifs is 1. The Balaban J connectivity index is 1.59. The maximum Gasteiger partial charge on any atom is 0.247 e. The summed E-state index contributed by atoms with van der Waals surface area (Å²) in [5.74, 6) is 1.67. The standard InChI is InChI=1S/C29H25N5O2/c1-4-24(35)33-21-12-8-20(9-13-21)27-25(26-28(30)31-17-32-29(26)34(27)3)19-10-14-22(15-11-19)36-23-7-5-6-18(2)16-23/h4-17H,1H2,2-3H3,(H,33,35)(H2,30,31,32). The highest BCUT2D eigenvalue weighted by Crippen LogP contribution is 2.42. The summed E-state index contributed by atoms with van der Waals surface area (Å²) in [5, 5.41) is 3.56. The second-order valence-electron chi connectivity index (χ2n) is 8.45. The number of amides is 1. The van der Waals surface area contributed by atoms with E-state index in [1.807, 2.05) is 91.3 Å². The van der Waals surface area contributed by atoms with E-state index < -0.39 is 0 Å². The molecule has 5 rings (SSSR count). The summed E-state index contributed by atoms with van der Waals surface area (Å²) in [4.78, 5) is 20.4. The number of nitrogens with zero attached hydrogens (tertiary/aromatic N) is 3. The minimum Gasteiger partial charge on any atom is -0.457 e. The highest BCUT2D eigenvalue weighted by Gasteiger charge is 2.21. The van der Waals surface area contributed by atoms with Crippen molar-refractivity contribution in [1.29, 1.82) is 0 Å². The molecule has 0 spiro atoms. The number of rotatable bonds is 6. The average Bonchev–Trinajstić information content (AvgIpc) is 3.18. The number of hydrogen-bond acceptors (Lipinski definition) is 5. The van der Waals surface area contributed by atoms with Crippen molar-refractivity contribution < 1.29 is 9.53 Å². The van der Waals surface area contributed by atoms with Crippen LogP contribution in [0, 0.1) is 6.92 Å². The molecule has 7 nitrogen and oxygen atoms in total. The third-order valence-electron chi connectivity index (χ3n) is 5.98. The summed E-state index contributed by atoms with van der Waals surface area (Å²) in [7, 11) is 1.95. The molecular weight excluding hydrogens is 450 g/mol. The summed E-state index contributed by atoms with van der Waals surface area (Å²) in [6.45, 7) is 5.53. The van der Waals surface area contributed by atoms with Gasteiger partial charge < -0.3 is 20.4 Å². The van der Waals surface area contributed by atoms with Crippen molar-refractivity contribution in [3.05, 3.63) is 97.3 Å². The fraction of sp³-hybridized carbons (Fsp3) is 0.0690. The number of nitrogen functional groups attached to an aromatic ring is 1. The van der Waals surface area contributed by atoms with Crippen LogP contribution >= 0.6 is 0 Å². The lowest BCUT2D eigenvalue weighted by atomic mass is 9.98. The van der Waals surface area contributed by atoms with E-state index in [9.17, 15) is 4.79 Å². The summed E-state index contributed by atoms with van der Waals surface area (Å²) in [6.07, 6.45) is 2.71. The van der Waals surface area contributed by atoms with Crippen LogP contribution in [0.3, 0.4) is 0 Å². The molecule has 2 heterocycles. The van der Waals surface area contributed by atoms with Crippen molar-refractivity contribution >= 4 is 28.4 Å². The Morgan fingerprint density at radius 1 is 1.00 bits per heavy atom. The predicted molar refractivity (Wildman–Crippen MR) is 144 cm³/mol. The Hall–Kier alpha value is -4.91. The number of nitrogens with one attached hydrogen (secondary N) is 1. The first-order chi connectivity index (χ1) is 17.4. The molecule has 0 atom stereocenters. The van der Waals surface area contributed by atoms with Crippen LogP contribution in [0.5, 0.6) is 11.5 Å². The maximum absolute atomic E-state index is 11.7. The topological polar surface area (TPSA) is 95.1 Å². The van der Waals surface area contributed by atoms with Gasteiger partial charge in [-0.15, -0.1) is 0 Å². The molecule has 0 aliphatic heterocycles. The van der Waals surface area contributed by atoms with E-state index >= 15 is 0 Å². The van der Waals surface area contributed by atoms with Crippen molar-refractivity contribution in [1.82, 2.24) is 14.5 Å². The van der Waals surface area contributed by atoms with Crippen LogP contribution in [-0.2, 0) is 11.8 Å². The van der Waals surface area contributed by atoms with Crippen LogP contribution in [0.1, 0.15) is 5.56 Å². The molecule has 178 valence electrons. The van der Waals surface area contributed by atoms with Crippen LogP contribution in [-0.4, -0.2) is 20.4 Å². The van der Waals surface area contributed by atoms with Crippen LogP contribution in [0.2, 0.25) is 0 Å². The van der Waals surface area contributed by atoms with Gasteiger partial charge in [-0.1, -0.05) is 43.0 Å². The first kappa shape index (κ1) is 22.9. The lowest BCUT2D eigenvalue weighted by Gasteiger charge is -2.11. The van der Waals surface area contributed by atoms with Crippen LogP contribution in [0.25, 0.3) is 33.4 Å². The molecule has 0 fully saturated rings. The number of nitrogens with two attached hydrogens (primary N) is 1. The number of carbonyl (C=O) groups is 1. The van der Waals surface area contributed by atoms with Gasteiger partial charge in [0.05, 0.1) is 11.1 Å². The van der Waals surface area contributed by atoms with Gasteiger partial charge in [-0.2, -0.15) is 0 Å². The third-order valence-corrected chi connectivity index (χ3v) is 5.98. The molecule has 1 amide bonds. The van der Waals surface area contributed by atoms with E-state index in [-0.39, 0.29) is 5.91 Å². The first-order valence-electron chi connectivity index (χ1n) is 11.4. The largest absolute Gasteiger partial charge is 0.457 e. The number of ether oxygens (including phenoxy) is 1. The summed E-state index contributed by atoms with van der Waals surface area (Å²) < 4.78 is 8.05. The van der Waals surface area contributed by atoms with Crippen LogP contribution in [0.15, 0.2) is 91.8 Å². The van der Waals surface area contributed by atoms with E-state index in [4.69, 9.17) is 10.5 Å². The van der Waals surface area contributed by atoms with Gasteiger partial charge in [0.2, 0.25) is 5.91 Å². The fourth-order valence-corrected chi connectivity index (χ4v) is 4.30. The Labute approximate surface area is 208 Å². The van der Waals surface area contributed by atoms with Crippen LogP contribution in [0.4, 0.5) is 11.5 Å². The molecular formula is C29H25N5O2. The minimum atomic E-state index is -0.260. The van der Waals surface area contributed by atoms with Crippen molar-refractivity contribution in [2.24, 2.45) is 7.05 Å². The highest BCUT2D eigenvalue weighted by molar-refractivity contribution is 6.08. The van der Waals surface area contributed by atoms with Gasteiger partial charge in [0, 0.05) is 18.3 Å². The van der Waals surface area contributed by atoms with Gasteiger partial charge in [0.15, 0.2) is 0 Å². The quantitative estimate of drug-likeness (QED) is 0.289. The molecule has 0 saturated carbocycles. The highest BCUT2D eigenvalue weighted by atomic mass is 16.5. The molecule has 2 aromatic heterocycles. The molecule has 0 radical (unpaired) electrons. The third kappa shape index (κ3) is 4.30. The lowest BCUT2D eigenvalue weighted by Crippen LogP contribution is -2.06. The van der Waals surface area contributed by atoms with Gasteiger partial charge in [0.25, 0.3) is 0 Å². The molecule has 0 bridgehead atoms. The van der Waals surface area contributed by atoms with Gasteiger partial charge in [0.1, 0.15) is 29.3 Å². The van der Waals surface area contributed by atoms with Gasteiger partial charge >= 0.3 is 0 Å². The number of aromatic nitrogens is 3. The Kier molecular flexibility index (Phi) is 5.96. The van der Waals surface area contributed by atoms with Gasteiger partial charge in [-0.05, 0) is 66.1 Å². The van der Waals surface area contributed by atoms with Gasteiger partial charge in [-0.25, -0.2) is 9.97 Å². The van der Waals surface area contributed by atoms with E-state index in [2.05, 4.69) is 21.9 Å². The Morgan fingerprint density at radius 3 is 2.42 bits per heavy atom. The summed E-state index contributed by atoms with van der Waals surface area (Å²) in [5.41, 5.74) is 12.7. The van der Waals surface area contributed by atoms with Crippen molar-refractivity contribution in [3.63, 3.8) is 0 Å². The number of benzene rings is 3. The van der Waals surface area contributed by atoms with Crippen molar-refractivity contribution in [3.8, 4) is 33.9 Å². The van der Waals surface area contributed by atoms with Crippen molar-refractivity contribution in [2.45, 2.75) is 6.92 Å². The second-order valence-corrected chi connectivity index (χ2v) is 8.45. The second kappa shape index (κ2) is 9.38. The summed E-state index contributed by atoms with van der Waals surface area (Å²) in [6, 6.07) is 23.4. The van der Waals surface area contributed by atoms with E-state index in [0.717, 1.165) is 50.5 Å². The lowest BCUT2D eigenvalue weighted by molar-refractivity contribution is -0.111. The molecule has 5 aromatic rings. The number of carbonyl (C=O) groups excluding carboxylic acids is 1. The number of hydrogen-bond donors (Lipinski definition) is 2. The molecule has 3 aromatic carbocycles. The predicted octanol–water partition coefficient (Wildman–Crippen LogP) is 6.11. The molecule has 0 saturated heterocycles. The zero-order valence-corrected chi connectivity index (χ0v) is 20.0. The fourth-order valence-electron chi connectivity index (χ4n) is 4.30. The van der Waals surface area contributed by atoms with E-state index in [0.29, 0.717) is 11.5 Å². The molecule has 0 aliphatic rings. The Morgan fingerprint density at radius 2 is 1.72 bits per heavy atom. The van der Waals surface area contributed by atoms with Crippen LogP contribution < -0.4 is 15.8 Å². The molecule has 36 heavy (non-hydrogen) atoms. The number of aryl methyl sites for hydroxylation is 2. The molecule has 7 heteroatoms. The monoisotopic (exact) mass is 475 g/mol. The summed E-state index contributed by atoms with van der Waals surface area (Å²) >= 11 is 0. The normalized spacial score (nSPS) is 10.8. The minimum absolute atomic E-state index is 0.260. The van der Waals surface area contributed by atoms with E-state index in [1.165, 1.54) is 12.4 Å². The smallest absolute Gasteiger partial charge is 0.247 e. The molecule has 0 aliphatic carbocycles. The van der Waals surface area contributed by atoms with E-state index in [1.54, 1.807) is 0 Å². The van der Waals surface area contributed by atoms with Gasteiger partial charge in [-0.3, -0.25) is 4.79 Å². The Bertz CT molecular complexity index is 1590. The zero-order chi connectivity index (χ0) is 25.2. The number of anilines is 2. The maximum atomic E-state index is 11.7. The molecule has 3 N–H and O–H groups in total. The molecule has 0 unspecified atom stereocenters. The first-order valence-corrected chi connectivity index (χ1v) is 11.4. The zero-order valence-electron chi connectivity index (χ0n) is 20.0. The average molecular weight is 476 g/mol. The van der Waals surface area contributed by atoms with Crippen molar-refractivity contribution in [2.75, 3.05) is 11.1 Å².